The molecule has 0 spiro atoms. The van der Waals surface area contributed by atoms with Crippen LogP contribution in [0.3, 0.4) is 0 Å². The quantitative estimate of drug-likeness (QED) is 0.786. The second-order valence-electron chi connectivity index (χ2n) is 8.73. The maximum Gasteiger partial charge on any atom is 0.223 e. The molecule has 2 aliphatic rings. The first-order valence-electron chi connectivity index (χ1n) is 10.0. The van der Waals surface area contributed by atoms with Crippen LogP contribution in [0.25, 0.3) is 5.57 Å². The number of aliphatic imine (C=N–C) groups is 1. The highest BCUT2D eigenvalue weighted by molar-refractivity contribution is 6.32. The summed E-state index contributed by atoms with van der Waals surface area (Å²) in [6.45, 7) is 8.73. The van der Waals surface area contributed by atoms with E-state index < -0.39 is 0 Å². The van der Waals surface area contributed by atoms with E-state index in [-0.39, 0.29) is 17.4 Å². The maximum absolute atomic E-state index is 11.2. The van der Waals surface area contributed by atoms with Crippen LogP contribution in [0, 0.1) is 5.41 Å². The molecule has 28 heavy (non-hydrogen) atoms. The van der Waals surface area contributed by atoms with Gasteiger partial charge < -0.3 is 10.6 Å². The summed E-state index contributed by atoms with van der Waals surface area (Å²) in [6.07, 6.45) is 8.57. The third-order valence-corrected chi connectivity index (χ3v) is 5.64. The lowest BCUT2D eigenvalue weighted by atomic mass is 9.86. The van der Waals surface area contributed by atoms with Crippen molar-refractivity contribution < 1.29 is 4.79 Å². The molecule has 1 fully saturated rings. The molecule has 0 unspecified atom stereocenters. The number of rotatable bonds is 4. The molecule has 1 aromatic heterocycles. The zero-order chi connectivity index (χ0) is 20.3. The number of nitrogens with one attached hydrogen (secondary N) is 2. The van der Waals surface area contributed by atoms with Gasteiger partial charge in [0.1, 0.15) is 0 Å². The summed E-state index contributed by atoms with van der Waals surface area (Å²) < 4.78 is 0. The molecule has 1 saturated carbocycles. The van der Waals surface area contributed by atoms with Crippen LogP contribution < -0.4 is 10.6 Å². The van der Waals surface area contributed by atoms with E-state index in [2.05, 4.69) is 47.4 Å². The number of aromatic nitrogens is 2. The molecule has 152 valence electrons. The van der Waals surface area contributed by atoms with Crippen LogP contribution in [0.5, 0.6) is 0 Å². The number of hydrogen-bond acceptors (Lipinski definition) is 5. The van der Waals surface area contributed by atoms with Crippen LogP contribution in [0.1, 0.15) is 65.5 Å². The van der Waals surface area contributed by atoms with Gasteiger partial charge in [0.25, 0.3) is 0 Å². The Hall–Kier alpha value is -1.95. The summed E-state index contributed by atoms with van der Waals surface area (Å²) in [7, 11) is 0. The Morgan fingerprint density at radius 1 is 1.18 bits per heavy atom. The van der Waals surface area contributed by atoms with Gasteiger partial charge in [-0.3, -0.25) is 9.79 Å². The number of hydrogen-bond donors (Lipinski definition) is 2. The molecular weight excluding hydrogens is 374 g/mol. The summed E-state index contributed by atoms with van der Waals surface area (Å²) in [5.41, 5.74) is 3.11. The molecule has 2 heterocycles. The van der Waals surface area contributed by atoms with E-state index in [4.69, 9.17) is 16.6 Å². The fourth-order valence-corrected chi connectivity index (χ4v) is 3.97. The van der Waals surface area contributed by atoms with Crippen LogP contribution in [-0.2, 0) is 4.79 Å². The summed E-state index contributed by atoms with van der Waals surface area (Å²) >= 11 is 6.38. The van der Waals surface area contributed by atoms with Gasteiger partial charge in [-0.2, -0.15) is 0 Å². The average Bonchev–Trinajstić information content (AvgIpc) is 2.64. The predicted octanol–water partition coefficient (Wildman–Crippen LogP) is 4.26. The number of nitrogens with zero attached hydrogens (tertiary/aromatic N) is 3. The molecule has 1 aromatic rings. The van der Waals surface area contributed by atoms with Crippen LogP contribution in [-0.4, -0.2) is 40.2 Å². The van der Waals surface area contributed by atoms with Crippen molar-refractivity contribution in [2.45, 2.75) is 71.9 Å². The molecule has 0 aromatic carbocycles. The first-order valence-corrected chi connectivity index (χ1v) is 10.4. The number of halogens is 1. The summed E-state index contributed by atoms with van der Waals surface area (Å²) in [4.78, 5) is 25.0. The molecule has 6 nitrogen and oxygen atoms in total. The minimum Gasteiger partial charge on any atom is -0.354 e. The normalized spacial score (nSPS) is 22.9. The smallest absolute Gasteiger partial charge is 0.223 e. The zero-order valence-electron chi connectivity index (χ0n) is 17.2. The van der Waals surface area contributed by atoms with E-state index in [1.807, 2.05) is 0 Å². The highest BCUT2D eigenvalue weighted by atomic mass is 35.5. The lowest BCUT2D eigenvalue weighted by molar-refractivity contribution is -0.119. The van der Waals surface area contributed by atoms with Gasteiger partial charge in [-0.15, -0.1) is 0 Å². The second kappa shape index (κ2) is 8.60. The van der Waals surface area contributed by atoms with Gasteiger partial charge >= 0.3 is 0 Å². The third kappa shape index (κ3) is 5.31. The van der Waals surface area contributed by atoms with Crippen molar-refractivity contribution in [3.63, 3.8) is 0 Å². The topological polar surface area (TPSA) is 79.3 Å². The Labute approximate surface area is 172 Å². The third-order valence-electron chi connectivity index (χ3n) is 5.36. The summed E-state index contributed by atoms with van der Waals surface area (Å²) in [6, 6.07) is 0.587. The van der Waals surface area contributed by atoms with Crippen LogP contribution >= 0.6 is 11.6 Å². The largest absolute Gasteiger partial charge is 0.354 e. The van der Waals surface area contributed by atoms with Crippen molar-refractivity contribution in [1.82, 2.24) is 15.3 Å². The fraction of sp³-hybridized carbons (Fsp3) is 0.619. The average molecular weight is 404 g/mol. The molecule has 1 amide bonds. The first-order chi connectivity index (χ1) is 13.2. The Morgan fingerprint density at radius 2 is 1.86 bits per heavy atom. The SMILES string of the molecule is CC(=O)NC1CCC(Nc2ncc(Cl)c(C3=CCC(C(C)(C)C)=NC3)n2)CC1. The minimum atomic E-state index is 0.0418. The van der Waals surface area contributed by atoms with Crippen molar-refractivity contribution >= 4 is 34.7 Å². The van der Waals surface area contributed by atoms with Gasteiger partial charge in [-0.25, -0.2) is 9.97 Å². The molecule has 0 atom stereocenters. The molecule has 0 bridgehead atoms. The Balaban J connectivity index is 1.63. The Morgan fingerprint density at radius 3 is 2.43 bits per heavy atom. The number of carbonyl (C=O) groups excluding carboxylic acids is 1. The van der Waals surface area contributed by atoms with Crippen LogP contribution in [0.15, 0.2) is 17.3 Å². The molecular formula is C21H30ClN5O. The molecule has 7 heteroatoms. The van der Waals surface area contributed by atoms with E-state index >= 15 is 0 Å². The predicted molar refractivity (Wildman–Crippen MR) is 115 cm³/mol. The van der Waals surface area contributed by atoms with Crippen molar-refractivity contribution in [2.75, 3.05) is 11.9 Å². The van der Waals surface area contributed by atoms with Crippen molar-refractivity contribution in [1.29, 1.82) is 0 Å². The molecule has 3 rings (SSSR count). The van der Waals surface area contributed by atoms with Crippen LogP contribution in [0.2, 0.25) is 5.02 Å². The van der Waals surface area contributed by atoms with Crippen LogP contribution in [0.4, 0.5) is 5.95 Å². The molecule has 2 N–H and O–H groups in total. The number of dihydropyridines is 1. The van der Waals surface area contributed by atoms with Crippen molar-refractivity contribution in [2.24, 2.45) is 10.4 Å². The maximum atomic E-state index is 11.2. The molecule has 0 radical (unpaired) electrons. The number of carbonyl (C=O) groups is 1. The van der Waals surface area contributed by atoms with Gasteiger partial charge in [-0.05, 0) is 31.3 Å². The highest BCUT2D eigenvalue weighted by Crippen LogP contribution is 2.29. The Bertz CT molecular complexity index is 788. The molecule has 1 aliphatic carbocycles. The molecule has 1 aliphatic heterocycles. The monoisotopic (exact) mass is 403 g/mol. The zero-order valence-corrected chi connectivity index (χ0v) is 17.9. The summed E-state index contributed by atoms with van der Waals surface area (Å²) in [5, 5.41) is 7.00. The highest BCUT2D eigenvalue weighted by Gasteiger charge is 2.24. The lowest BCUT2D eigenvalue weighted by Crippen LogP contribution is -2.39. The van der Waals surface area contributed by atoms with Gasteiger partial charge in [0.05, 0.1) is 23.5 Å². The lowest BCUT2D eigenvalue weighted by Gasteiger charge is -2.29. The minimum absolute atomic E-state index is 0.0418. The van der Waals surface area contributed by atoms with E-state index in [0.29, 0.717) is 23.6 Å². The number of allylic oxidation sites excluding steroid dienone is 1. The second-order valence-corrected chi connectivity index (χ2v) is 9.14. The van der Waals surface area contributed by atoms with Crippen molar-refractivity contribution in [3.05, 3.63) is 23.0 Å². The number of anilines is 1. The standard InChI is InChI=1S/C21H30ClN5O/c1-13(28)25-15-6-8-16(9-7-15)26-20-24-12-17(22)19(27-20)14-5-10-18(23-11-14)21(2,3)4/h5,12,15-16H,6-11H2,1-4H3,(H,25,28)(H,24,26,27). The summed E-state index contributed by atoms with van der Waals surface area (Å²) in [5.74, 6) is 0.647. The van der Waals surface area contributed by atoms with E-state index in [9.17, 15) is 4.79 Å². The van der Waals surface area contributed by atoms with E-state index in [1.54, 1.807) is 13.1 Å². The van der Waals surface area contributed by atoms with Gasteiger partial charge in [0.15, 0.2) is 0 Å². The van der Waals surface area contributed by atoms with Gasteiger partial charge in [-0.1, -0.05) is 38.4 Å². The van der Waals surface area contributed by atoms with E-state index in [1.165, 1.54) is 5.71 Å². The van der Waals surface area contributed by atoms with E-state index in [0.717, 1.165) is 43.4 Å². The number of amides is 1. The van der Waals surface area contributed by atoms with Crippen molar-refractivity contribution in [3.8, 4) is 0 Å². The van der Waals surface area contributed by atoms with Gasteiger partial charge in [0, 0.05) is 36.6 Å². The molecule has 0 saturated heterocycles. The van der Waals surface area contributed by atoms with Gasteiger partial charge in [0.2, 0.25) is 11.9 Å². The fourth-order valence-electron chi connectivity index (χ4n) is 3.76. The Kier molecular flexibility index (Phi) is 6.38. The first kappa shape index (κ1) is 20.8.